The third kappa shape index (κ3) is 2.94. The maximum atomic E-state index is 13.6. The largest absolute Gasteiger partial charge is 0.207 e. The molecule has 90 valence electrons. The molecular formula is C12H8Cl3FS. The van der Waals surface area contributed by atoms with Gasteiger partial charge in [-0.15, -0.1) is 22.9 Å². The minimum atomic E-state index is -0.364. The van der Waals surface area contributed by atoms with Crippen molar-refractivity contribution in [2.24, 2.45) is 0 Å². The zero-order valence-corrected chi connectivity index (χ0v) is 11.7. The summed E-state index contributed by atoms with van der Waals surface area (Å²) in [6.07, 6.45) is 0.327. The van der Waals surface area contributed by atoms with Crippen LogP contribution in [0.4, 0.5) is 4.39 Å². The molecular weight excluding hydrogens is 302 g/mol. The summed E-state index contributed by atoms with van der Waals surface area (Å²) in [6.45, 7) is 0. The lowest BCUT2D eigenvalue weighted by Crippen LogP contribution is -1.98. The van der Waals surface area contributed by atoms with Crippen molar-refractivity contribution in [3.05, 3.63) is 55.9 Å². The van der Waals surface area contributed by atoms with Gasteiger partial charge in [-0.3, -0.25) is 0 Å². The van der Waals surface area contributed by atoms with Crippen molar-refractivity contribution < 1.29 is 4.39 Å². The van der Waals surface area contributed by atoms with Crippen molar-refractivity contribution >= 4 is 46.1 Å². The maximum Gasteiger partial charge on any atom is 0.127 e. The molecule has 5 heteroatoms. The molecule has 1 aromatic carbocycles. The Hall–Kier alpha value is -0.280. The molecule has 2 aromatic rings. The van der Waals surface area contributed by atoms with Gasteiger partial charge in [0.15, 0.2) is 0 Å². The highest BCUT2D eigenvalue weighted by molar-refractivity contribution is 7.11. The van der Waals surface area contributed by atoms with Crippen LogP contribution in [0.25, 0.3) is 0 Å². The number of halogens is 4. The predicted octanol–water partition coefficient (Wildman–Crippen LogP) is 5.72. The monoisotopic (exact) mass is 308 g/mol. The van der Waals surface area contributed by atoms with Gasteiger partial charge in [0, 0.05) is 15.5 Å². The van der Waals surface area contributed by atoms with Gasteiger partial charge in [0.1, 0.15) is 5.82 Å². The average molecular weight is 310 g/mol. The van der Waals surface area contributed by atoms with E-state index in [0.29, 0.717) is 22.0 Å². The summed E-state index contributed by atoms with van der Waals surface area (Å²) in [5, 5.41) is 2.50. The second-order valence-corrected chi connectivity index (χ2v) is 5.79. The van der Waals surface area contributed by atoms with Crippen molar-refractivity contribution in [1.82, 2.24) is 0 Å². The molecule has 0 amide bonds. The molecule has 0 nitrogen and oxygen atoms in total. The third-order valence-electron chi connectivity index (χ3n) is 2.37. The van der Waals surface area contributed by atoms with Gasteiger partial charge in [-0.25, -0.2) is 4.39 Å². The van der Waals surface area contributed by atoms with Gasteiger partial charge in [0.25, 0.3) is 0 Å². The summed E-state index contributed by atoms with van der Waals surface area (Å²) < 4.78 is 13.6. The summed E-state index contributed by atoms with van der Waals surface area (Å²) in [5.74, 6) is -0.337. The first-order chi connectivity index (χ1) is 8.09. The molecule has 1 aromatic heterocycles. The van der Waals surface area contributed by atoms with E-state index in [-0.39, 0.29) is 11.2 Å². The van der Waals surface area contributed by atoms with Crippen LogP contribution in [0.2, 0.25) is 10.0 Å². The Morgan fingerprint density at radius 2 is 1.94 bits per heavy atom. The number of alkyl halides is 1. The molecule has 0 N–H and O–H groups in total. The van der Waals surface area contributed by atoms with Crippen molar-refractivity contribution in [2.45, 2.75) is 11.8 Å². The highest BCUT2D eigenvalue weighted by Crippen LogP contribution is 2.36. The van der Waals surface area contributed by atoms with Gasteiger partial charge in [-0.2, -0.15) is 0 Å². The number of hydrogen-bond donors (Lipinski definition) is 0. The molecule has 0 aliphatic rings. The zero-order chi connectivity index (χ0) is 12.4. The Kier molecular flexibility index (Phi) is 4.31. The van der Waals surface area contributed by atoms with E-state index in [1.807, 2.05) is 5.38 Å². The van der Waals surface area contributed by atoms with Crippen LogP contribution in [0.1, 0.15) is 15.8 Å². The summed E-state index contributed by atoms with van der Waals surface area (Å²) in [6, 6.07) is 6.38. The van der Waals surface area contributed by atoms with Crippen LogP contribution in [0.15, 0.2) is 29.6 Å². The van der Waals surface area contributed by atoms with Crippen LogP contribution in [0, 0.1) is 5.82 Å². The Balaban J connectivity index is 2.25. The van der Waals surface area contributed by atoms with Crippen LogP contribution in [-0.4, -0.2) is 0 Å². The van der Waals surface area contributed by atoms with Gasteiger partial charge >= 0.3 is 0 Å². The number of hydrogen-bond acceptors (Lipinski definition) is 1. The number of thiophene rings is 1. The van der Waals surface area contributed by atoms with Gasteiger partial charge in [-0.05, 0) is 30.0 Å². The lowest BCUT2D eigenvalue weighted by Gasteiger charge is -2.10. The quantitative estimate of drug-likeness (QED) is 0.636. The molecule has 1 unspecified atom stereocenters. The Morgan fingerprint density at radius 1 is 1.18 bits per heavy atom. The third-order valence-corrected chi connectivity index (χ3v) is 4.70. The lowest BCUT2D eigenvalue weighted by molar-refractivity contribution is 0.608. The van der Waals surface area contributed by atoms with Gasteiger partial charge in [0.2, 0.25) is 0 Å². The maximum absolute atomic E-state index is 13.6. The second-order valence-electron chi connectivity index (χ2n) is 3.50. The SMILES string of the molecule is Fc1cccc(Cl)c1CC(Cl)c1sccc1Cl. The summed E-state index contributed by atoms with van der Waals surface area (Å²) in [5.41, 5.74) is 0.429. The number of rotatable bonds is 3. The second kappa shape index (κ2) is 5.57. The van der Waals surface area contributed by atoms with Crippen LogP contribution in [0.3, 0.4) is 0 Å². The average Bonchev–Trinajstić information content (AvgIpc) is 2.70. The fourth-order valence-electron chi connectivity index (χ4n) is 1.53. The molecule has 0 bridgehead atoms. The van der Waals surface area contributed by atoms with Crippen LogP contribution in [0.5, 0.6) is 0 Å². The van der Waals surface area contributed by atoms with Gasteiger partial charge in [-0.1, -0.05) is 29.3 Å². The molecule has 0 spiro atoms. The predicted molar refractivity (Wildman–Crippen MR) is 73.0 cm³/mol. The fourth-order valence-corrected chi connectivity index (χ4v) is 3.42. The van der Waals surface area contributed by atoms with Crippen LogP contribution in [-0.2, 0) is 6.42 Å². The highest BCUT2D eigenvalue weighted by atomic mass is 35.5. The van der Waals surface area contributed by atoms with Crippen molar-refractivity contribution in [3.63, 3.8) is 0 Å². The van der Waals surface area contributed by atoms with Gasteiger partial charge in [0.05, 0.1) is 10.4 Å². The zero-order valence-electron chi connectivity index (χ0n) is 8.59. The minimum Gasteiger partial charge on any atom is -0.207 e. The smallest absolute Gasteiger partial charge is 0.127 e. The molecule has 0 aliphatic carbocycles. The highest BCUT2D eigenvalue weighted by Gasteiger charge is 2.17. The Morgan fingerprint density at radius 3 is 2.53 bits per heavy atom. The molecule has 0 saturated carbocycles. The Labute approximate surface area is 118 Å². The van der Waals surface area contributed by atoms with E-state index >= 15 is 0 Å². The standard InChI is InChI=1S/C12H8Cl3FS/c13-8-2-1-3-11(16)7(8)6-10(15)12-9(14)4-5-17-12/h1-5,10H,6H2. The summed E-state index contributed by atoms with van der Waals surface area (Å²) >= 11 is 19.6. The summed E-state index contributed by atoms with van der Waals surface area (Å²) in [4.78, 5) is 0.840. The van der Waals surface area contributed by atoms with Crippen molar-refractivity contribution in [3.8, 4) is 0 Å². The van der Waals surface area contributed by atoms with E-state index in [1.54, 1.807) is 18.2 Å². The van der Waals surface area contributed by atoms with Crippen molar-refractivity contribution in [2.75, 3.05) is 0 Å². The molecule has 1 heterocycles. The van der Waals surface area contributed by atoms with Gasteiger partial charge < -0.3 is 0 Å². The molecule has 0 radical (unpaired) electrons. The molecule has 0 aliphatic heterocycles. The molecule has 0 saturated heterocycles. The first kappa shape index (κ1) is 13.2. The first-order valence-electron chi connectivity index (χ1n) is 4.89. The Bertz CT molecular complexity index is 504. The fraction of sp³-hybridized carbons (Fsp3) is 0.167. The summed E-state index contributed by atoms with van der Waals surface area (Å²) in [7, 11) is 0. The lowest BCUT2D eigenvalue weighted by atomic mass is 10.1. The molecule has 1 atom stereocenters. The van der Waals surface area contributed by atoms with Crippen LogP contribution >= 0.6 is 46.1 Å². The molecule has 17 heavy (non-hydrogen) atoms. The normalized spacial score (nSPS) is 12.7. The first-order valence-corrected chi connectivity index (χ1v) is 6.96. The minimum absolute atomic E-state index is 0.327. The van der Waals surface area contributed by atoms with Crippen molar-refractivity contribution in [1.29, 1.82) is 0 Å². The molecule has 2 rings (SSSR count). The van der Waals surface area contributed by atoms with E-state index in [2.05, 4.69) is 0 Å². The van der Waals surface area contributed by atoms with E-state index in [1.165, 1.54) is 17.4 Å². The topological polar surface area (TPSA) is 0 Å². The number of benzene rings is 1. The van der Waals surface area contributed by atoms with E-state index in [0.717, 1.165) is 4.88 Å². The van der Waals surface area contributed by atoms with E-state index < -0.39 is 0 Å². The van der Waals surface area contributed by atoms with Crippen LogP contribution < -0.4 is 0 Å². The molecule has 0 fully saturated rings. The van der Waals surface area contributed by atoms with E-state index in [4.69, 9.17) is 34.8 Å². The van der Waals surface area contributed by atoms with E-state index in [9.17, 15) is 4.39 Å².